The molecule has 2 aromatic rings. The van der Waals surface area contributed by atoms with E-state index in [2.05, 4.69) is 4.98 Å². The second-order valence-corrected chi connectivity index (χ2v) is 5.41. The fourth-order valence-electron chi connectivity index (χ4n) is 2.28. The van der Waals surface area contributed by atoms with Crippen molar-refractivity contribution >= 4 is 5.69 Å². The number of nitrogens with zero attached hydrogens (tertiary/aromatic N) is 3. The minimum atomic E-state index is -4.86. The van der Waals surface area contributed by atoms with Crippen LogP contribution in [-0.4, -0.2) is 30.9 Å². The number of halogens is 6. The predicted octanol–water partition coefficient (Wildman–Crippen LogP) is 4.42. The third kappa shape index (κ3) is 6.06. The molecule has 0 amide bonds. The van der Waals surface area contributed by atoms with Gasteiger partial charge in [-0.3, -0.25) is 4.98 Å². The Morgan fingerprint density at radius 2 is 1.85 bits per heavy atom. The van der Waals surface area contributed by atoms with Gasteiger partial charge in [-0.25, -0.2) is 0 Å². The first-order valence-electron chi connectivity index (χ1n) is 7.56. The van der Waals surface area contributed by atoms with Crippen LogP contribution in [0, 0.1) is 11.3 Å². The lowest BCUT2D eigenvalue weighted by Crippen LogP contribution is -2.37. The normalized spacial score (nSPS) is 11.7. The van der Waals surface area contributed by atoms with E-state index in [4.69, 9.17) is 10.00 Å². The largest absolute Gasteiger partial charge is 0.490 e. The van der Waals surface area contributed by atoms with Crippen molar-refractivity contribution in [1.82, 2.24) is 4.98 Å². The van der Waals surface area contributed by atoms with Gasteiger partial charge in [0.2, 0.25) is 0 Å². The molecule has 1 aromatic carbocycles. The molecule has 1 heterocycles. The van der Waals surface area contributed by atoms with Crippen LogP contribution in [0.1, 0.15) is 11.1 Å². The Morgan fingerprint density at radius 1 is 1.11 bits per heavy atom. The second kappa shape index (κ2) is 8.16. The van der Waals surface area contributed by atoms with Gasteiger partial charge in [-0.1, -0.05) is 0 Å². The number of alkyl halides is 6. The number of hydrogen-bond acceptors (Lipinski definition) is 4. The summed E-state index contributed by atoms with van der Waals surface area (Å²) in [7, 11) is 0. The first kappa shape index (κ1) is 20.4. The van der Waals surface area contributed by atoms with E-state index in [1.54, 1.807) is 12.1 Å². The molecule has 10 heteroatoms. The van der Waals surface area contributed by atoms with Gasteiger partial charge < -0.3 is 9.64 Å². The van der Waals surface area contributed by atoms with E-state index in [-0.39, 0.29) is 18.8 Å². The number of ether oxygens (including phenoxy) is 1. The molecule has 0 spiro atoms. The fourth-order valence-corrected chi connectivity index (χ4v) is 2.28. The van der Waals surface area contributed by atoms with Crippen molar-refractivity contribution in [3.05, 3.63) is 53.9 Å². The lowest BCUT2D eigenvalue weighted by molar-refractivity contribution is -0.137. The van der Waals surface area contributed by atoms with Crippen LogP contribution in [0.25, 0.3) is 0 Å². The maximum atomic E-state index is 13.1. The van der Waals surface area contributed by atoms with Gasteiger partial charge in [0, 0.05) is 11.9 Å². The van der Waals surface area contributed by atoms with Crippen LogP contribution in [0.4, 0.5) is 32.0 Å². The first-order valence-corrected chi connectivity index (χ1v) is 7.56. The zero-order valence-corrected chi connectivity index (χ0v) is 13.7. The lowest BCUT2D eigenvalue weighted by atomic mass is 10.1. The first-order chi connectivity index (χ1) is 12.6. The quantitative estimate of drug-likeness (QED) is 0.687. The average Bonchev–Trinajstić information content (AvgIpc) is 2.59. The number of nitriles is 1. The Balaban J connectivity index is 2.24. The molecule has 0 atom stereocenters. The van der Waals surface area contributed by atoms with Crippen LogP contribution in [0.15, 0.2) is 42.7 Å². The van der Waals surface area contributed by atoms with Crippen LogP contribution in [0.2, 0.25) is 0 Å². The Kier molecular flexibility index (Phi) is 6.15. The summed E-state index contributed by atoms with van der Waals surface area (Å²) in [5.74, 6) is 0.320. The van der Waals surface area contributed by atoms with Gasteiger partial charge in [-0.05, 0) is 30.3 Å². The molecule has 0 saturated heterocycles. The van der Waals surface area contributed by atoms with Crippen molar-refractivity contribution in [2.75, 3.05) is 24.6 Å². The van der Waals surface area contributed by atoms with Crippen molar-refractivity contribution in [1.29, 1.82) is 5.26 Å². The van der Waals surface area contributed by atoms with Gasteiger partial charge in [0.25, 0.3) is 0 Å². The highest BCUT2D eigenvalue weighted by molar-refractivity contribution is 5.55. The van der Waals surface area contributed by atoms with Crippen molar-refractivity contribution in [3.63, 3.8) is 0 Å². The molecule has 0 fully saturated rings. The summed E-state index contributed by atoms with van der Waals surface area (Å²) < 4.78 is 83.0. The maximum Gasteiger partial charge on any atom is 0.417 e. The van der Waals surface area contributed by atoms with Crippen molar-refractivity contribution in [2.24, 2.45) is 0 Å². The van der Waals surface area contributed by atoms with Crippen molar-refractivity contribution in [2.45, 2.75) is 12.4 Å². The molecular weight excluding hydrogens is 376 g/mol. The summed E-state index contributed by atoms with van der Waals surface area (Å²) in [6.45, 7) is -1.99. The molecule has 0 saturated carbocycles. The molecular formula is C17H13F6N3O. The van der Waals surface area contributed by atoms with Crippen LogP contribution in [0.5, 0.6) is 5.75 Å². The summed E-state index contributed by atoms with van der Waals surface area (Å²) in [6, 6.07) is 6.94. The topological polar surface area (TPSA) is 49.2 Å². The molecule has 0 aliphatic rings. The van der Waals surface area contributed by atoms with Gasteiger partial charge in [0.15, 0.2) is 0 Å². The number of hydrogen-bond donors (Lipinski definition) is 0. The summed E-state index contributed by atoms with van der Waals surface area (Å²) in [5, 5.41) is 8.80. The molecule has 144 valence electrons. The number of anilines is 1. The molecule has 0 N–H and O–H groups in total. The van der Waals surface area contributed by atoms with E-state index in [1.807, 2.05) is 0 Å². The third-order valence-corrected chi connectivity index (χ3v) is 3.43. The standard InChI is InChI=1S/C17H13F6N3O/c18-16(19,20)11-26(6-7-27-14-2-1-5-25-10-14)13-4-3-12(9-24)15(8-13)17(21,22)23/h1-5,8,10H,6-7,11H2. The minimum absolute atomic E-state index is 0.205. The molecule has 27 heavy (non-hydrogen) atoms. The zero-order chi connectivity index (χ0) is 20.1. The van der Waals surface area contributed by atoms with E-state index in [0.29, 0.717) is 16.7 Å². The smallest absolute Gasteiger partial charge is 0.417 e. The third-order valence-electron chi connectivity index (χ3n) is 3.43. The highest BCUT2D eigenvalue weighted by Gasteiger charge is 2.36. The Labute approximate surface area is 150 Å². The van der Waals surface area contributed by atoms with E-state index >= 15 is 0 Å². The molecule has 0 bridgehead atoms. The minimum Gasteiger partial charge on any atom is -0.490 e. The number of pyridine rings is 1. The monoisotopic (exact) mass is 389 g/mol. The summed E-state index contributed by atoms with van der Waals surface area (Å²) in [5.41, 5.74) is -2.26. The molecule has 0 aliphatic carbocycles. The number of aromatic nitrogens is 1. The average molecular weight is 389 g/mol. The van der Waals surface area contributed by atoms with E-state index in [1.165, 1.54) is 18.5 Å². The summed E-state index contributed by atoms with van der Waals surface area (Å²) in [4.78, 5) is 4.50. The lowest BCUT2D eigenvalue weighted by Gasteiger charge is -2.27. The van der Waals surface area contributed by atoms with Crippen molar-refractivity contribution < 1.29 is 31.1 Å². The van der Waals surface area contributed by atoms with Gasteiger partial charge in [0.05, 0.1) is 29.9 Å². The number of benzene rings is 1. The highest BCUT2D eigenvalue weighted by Crippen LogP contribution is 2.35. The van der Waals surface area contributed by atoms with Gasteiger partial charge in [-0.2, -0.15) is 31.6 Å². The Bertz CT molecular complexity index is 799. The fraction of sp³-hybridized carbons (Fsp3) is 0.294. The Hall–Kier alpha value is -2.96. The van der Waals surface area contributed by atoms with E-state index < -0.39 is 30.0 Å². The molecule has 4 nitrogen and oxygen atoms in total. The van der Waals surface area contributed by atoms with E-state index in [0.717, 1.165) is 12.1 Å². The molecule has 2 rings (SSSR count). The number of rotatable bonds is 6. The summed E-state index contributed by atoms with van der Waals surface area (Å²) in [6.07, 6.45) is -6.66. The molecule has 0 radical (unpaired) electrons. The zero-order valence-electron chi connectivity index (χ0n) is 13.7. The SMILES string of the molecule is N#Cc1ccc(N(CCOc2cccnc2)CC(F)(F)F)cc1C(F)(F)F. The van der Waals surface area contributed by atoms with Gasteiger partial charge >= 0.3 is 12.4 Å². The molecule has 1 aromatic heterocycles. The predicted molar refractivity (Wildman–Crippen MR) is 84.2 cm³/mol. The highest BCUT2D eigenvalue weighted by atomic mass is 19.4. The van der Waals surface area contributed by atoms with Crippen LogP contribution in [0.3, 0.4) is 0 Å². The van der Waals surface area contributed by atoms with E-state index in [9.17, 15) is 26.3 Å². The van der Waals surface area contributed by atoms with Crippen LogP contribution in [-0.2, 0) is 6.18 Å². The van der Waals surface area contributed by atoms with Crippen LogP contribution < -0.4 is 9.64 Å². The molecule has 0 unspecified atom stereocenters. The second-order valence-electron chi connectivity index (χ2n) is 5.41. The van der Waals surface area contributed by atoms with Crippen molar-refractivity contribution in [3.8, 4) is 11.8 Å². The van der Waals surface area contributed by atoms with Gasteiger partial charge in [0.1, 0.15) is 18.9 Å². The Morgan fingerprint density at radius 3 is 2.41 bits per heavy atom. The molecule has 0 aliphatic heterocycles. The summed E-state index contributed by atoms with van der Waals surface area (Å²) >= 11 is 0. The maximum absolute atomic E-state index is 13.1. The van der Waals surface area contributed by atoms with Gasteiger partial charge in [-0.15, -0.1) is 0 Å². The van der Waals surface area contributed by atoms with Crippen LogP contribution >= 0.6 is 0 Å².